The standard InChI is InChI=1S/C39H55N9O7/c40-32(23-27-9-15-30(50)16-10-27)36(53)44-20-4-22-48(38(55)33(41)24-28-11-17-31(51)18-12-28)21-2-1-19-45-37(54)34(25-49)47-35(52)6-3-5-26-7-13-29(14-8-26)46-39(42)43/h7-18,32-34,49-51H,1-6,19-25,40-41H2,(H,44,53)(H,45,54)(H,47,52)(H4,42,43,46)/t32-,33-,34-/m0/s1. The van der Waals surface area contributed by atoms with E-state index in [4.69, 9.17) is 22.9 Å². The van der Waals surface area contributed by atoms with Crippen molar-refractivity contribution in [3.05, 3.63) is 89.5 Å². The highest BCUT2D eigenvalue weighted by Crippen LogP contribution is 2.15. The first kappa shape index (κ1) is 43.7. The summed E-state index contributed by atoms with van der Waals surface area (Å²) in [6, 6.07) is 17.5. The van der Waals surface area contributed by atoms with Crippen LogP contribution in [-0.2, 0) is 38.4 Å². The number of carbonyl (C=O) groups is 4. The number of hydrogen-bond donors (Lipinski definition) is 10. The first-order valence-corrected chi connectivity index (χ1v) is 18.3. The number of phenolic OH excluding ortho intramolecular Hbond substituents is 2. The molecule has 0 heterocycles. The SMILES string of the molecule is NC(N)=Nc1ccc(CCCC(=O)N[C@@H](CO)C(=O)NCCCCN(CCCNC(=O)[C@@H](N)Cc2ccc(O)cc2)C(=O)[C@@H](N)Cc2ccc(O)cc2)cc1. The number of rotatable bonds is 23. The number of guanidine groups is 1. The Hall–Kier alpha value is -5.71. The molecule has 0 bridgehead atoms. The minimum absolute atomic E-state index is 0.0351. The second-order valence-corrected chi connectivity index (χ2v) is 13.3. The molecule has 3 aromatic carbocycles. The monoisotopic (exact) mass is 761 g/mol. The van der Waals surface area contributed by atoms with E-state index < -0.39 is 30.6 Å². The number of aryl methyl sites for hydroxylation is 1. The zero-order valence-corrected chi connectivity index (χ0v) is 31.0. The molecule has 3 atom stereocenters. The summed E-state index contributed by atoms with van der Waals surface area (Å²) in [6.45, 7) is 0.603. The van der Waals surface area contributed by atoms with Crippen LogP contribution in [-0.4, -0.2) is 101 Å². The zero-order chi connectivity index (χ0) is 40.2. The second kappa shape index (κ2) is 23.2. The molecule has 298 valence electrons. The van der Waals surface area contributed by atoms with Crippen LogP contribution in [0, 0.1) is 0 Å². The molecule has 0 radical (unpaired) electrons. The number of amides is 4. The van der Waals surface area contributed by atoms with E-state index in [0.717, 1.165) is 16.7 Å². The third kappa shape index (κ3) is 16.5. The molecule has 0 unspecified atom stereocenters. The number of carbonyl (C=O) groups excluding carboxylic acids is 4. The number of aromatic hydroxyl groups is 2. The van der Waals surface area contributed by atoms with E-state index >= 15 is 0 Å². The van der Waals surface area contributed by atoms with E-state index in [0.29, 0.717) is 57.3 Å². The number of nitrogens with two attached hydrogens (primary N) is 4. The molecular formula is C39H55N9O7. The molecule has 0 saturated carbocycles. The average Bonchev–Trinajstić information content (AvgIpc) is 3.16. The van der Waals surface area contributed by atoms with Gasteiger partial charge in [-0.3, -0.25) is 19.2 Å². The molecule has 0 aromatic heterocycles. The predicted molar refractivity (Wildman–Crippen MR) is 210 cm³/mol. The molecule has 0 aliphatic carbocycles. The molecule has 0 spiro atoms. The van der Waals surface area contributed by atoms with Gasteiger partial charge in [0, 0.05) is 32.6 Å². The molecule has 0 fully saturated rings. The summed E-state index contributed by atoms with van der Waals surface area (Å²) >= 11 is 0. The highest BCUT2D eigenvalue weighted by Gasteiger charge is 2.22. The molecule has 16 nitrogen and oxygen atoms in total. The van der Waals surface area contributed by atoms with Crippen molar-refractivity contribution in [3.63, 3.8) is 0 Å². The number of aliphatic hydroxyl groups excluding tert-OH is 1. The van der Waals surface area contributed by atoms with Gasteiger partial charge in [-0.2, -0.15) is 0 Å². The van der Waals surface area contributed by atoms with E-state index in [2.05, 4.69) is 20.9 Å². The Balaban J connectivity index is 1.43. The number of phenols is 2. The number of unbranched alkanes of at least 4 members (excludes halogenated alkanes) is 1. The number of nitrogens with one attached hydrogen (secondary N) is 3. The van der Waals surface area contributed by atoms with Gasteiger partial charge in [0.25, 0.3) is 0 Å². The Morgan fingerprint density at radius 1 is 0.673 bits per heavy atom. The van der Waals surface area contributed by atoms with Crippen molar-refractivity contribution < 1.29 is 34.5 Å². The van der Waals surface area contributed by atoms with Crippen molar-refractivity contribution in [1.82, 2.24) is 20.9 Å². The van der Waals surface area contributed by atoms with Crippen LogP contribution >= 0.6 is 0 Å². The van der Waals surface area contributed by atoms with Crippen molar-refractivity contribution in [1.29, 1.82) is 0 Å². The fourth-order valence-electron chi connectivity index (χ4n) is 5.69. The number of benzene rings is 3. The lowest BCUT2D eigenvalue weighted by molar-refractivity contribution is -0.132. The molecule has 0 saturated heterocycles. The van der Waals surface area contributed by atoms with Gasteiger partial charge in [0.05, 0.1) is 24.4 Å². The third-order valence-electron chi connectivity index (χ3n) is 8.71. The lowest BCUT2D eigenvalue weighted by atomic mass is 10.0. The highest BCUT2D eigenvalue weighted by molar-refractivity contribution is 5.87. The molecule has 55 heavy (non-hydrogen) atoms. The quantitative estimate of drug-likeness (QED) is 0.0353. The van der Waals surface area contributed by atoms with Gasteiger partial charge in [0.2, 0.25) is 23.6 Å². The third-order valence-corrected chi connectivity index (χ3v) is 8.71. The van der Waals surface area contributed by atoms with E-state index in [1.54, 1.807) is 41.3 Å². The Morgan fingerprint density at radius 2 is 1.20 bits per heavy atom. The normalized spacial score (nSPS) is 12.5. The van der Waals surface area contributed by atoms with Crippen LogP contribution in [0.1, 0.15) is 48.8 Å². The molecule has 3 aromatic rings. The Bertz CT molecular complexity index is 1680. The fourth-order valence-corrected chi connectivity index (χ4v) is 5.69. The minimum atomic E-state index is -1.10. The Morgan fingerprint density at radius 3 is 1.78 bits per heavy atom. The van der Waals surface area contributed by atoms with Crippen LogP contribution < -0.4 is 38.9 Å². The fraction of sp³-hybridized carbons (Fsp3) is 0.410. The second-order valence-electron chi connectivity index (χ2n) is 13.3. The number of nitrogens with zero attached hydrogens (tertiary/aromatic N) is 2. The van der Waals surface area contributed by atoms with Crippen molar-refractivity contribution in [2.45, 2.75) is 69.5 Å². The van der Waals surface area contributed by atoms with Crippen LogP contribution in [0.3, 0.4) is 0 Å². The number of aliphatic hydroxyl groups is 1. The van der Waals surface area contributed by atoms with Crippen molar-refractivity contribution in [2.24, 2.45) is 27.9 Å². The van der Waals surface area contributed by atoms with Crippen LogP contribution in [0.4, 0.5) is 5.69 Å². The van der Waals surface area contributed by atoms with Gasteiger partial charge < -0.3 is 59.1 Å². The van der Waals surface area contributed by atoms with Crippen molar-refractivity contribution in [3.8, 4) is 11.5 Å². The van der Waals surface area contributed by atoms with Gasteiger partial charge in [-0.25, -0.2) is 4.99 Å². The van der Waals surface area contributed by atoms with E-state index in [1.165, 1.54) is 24.3 Å². The summed E-state index contributed by atoms with van der Waals surface area (Å²) in [5.41, 5.74) is 26.4. The van der Waals surface area contributed by atoms with Crippen molar-refractivity contribution in [2.75, 3.05) is 32.8 Å². The van der Waals surface area contributed by atoms with Crippen LogP contribution in [0.25, 0.3) is 0 Å². The lowest BCUT2D eigenvalue weighted by Gasteiger charge is -2.26. The average molecular weight is 762 g/mol. The Labute approximate surface area is 321 Å². The molecule has 4 amide bonds. The molecule has 0 aliphatic rings. The van der Waals surface area contributed by atoms with Crippen molar-refractivity contribution >= 4 is 35.3 Å². The van der Waals surface area contributed by atoms with Crippen LogP contribution in [0.2, 0.25) is 0 Å². The molecular weight excluding hydrogens is 706 g/mol. The summed E-state index contributed by atoms with van der Waals surface area (Å²) < 4.78 is 0. The predicted octanol–water partition coefficient (Wildman–Crippen LogP) is 0.174. The summed E-state index contributed by atoms with van der Waals surface area (Å²) in [7, 11) is 0. The summed E-state index contributed by atoms with van der Waals surface area (Å²) in [5.74, 6) is -1.30. The largest absolute Gasteiger partial charge is 0.508 e. The molecule has 0 aliphatic heterocycles. The minimum Gasteiger partial charge on any atom is -0.508 e. The lowest BCUT2D eigenvalue weighted by Crippen LogP contribution is -2.49. The van der Waals surface area contributed by atoms with E-state index in [-0.39, 0.29) is 61.1 Å². The first-order valence-electron chi connectivity index (χ1n) is 18.3. The van der Waals surface area contributed by atoms with Gasteiger partial charge in [-0.15, -0.1) is 0 Å². The van der Waals surface area contributed by atoms with Gasteiger partial charge in [0.1, 0.15) is 17.5 Å². The van der Waals surface area contributed by atoms with Gasteiger partial charge in [-0.05, 0) is 98.0 Å². The highest BCUT2D eigenvalue weighted by atomic mass is 16.3. The number of aliphatic imine (C=N–C) groups is 1. The van der Waals surface area contributed by atoms with Crippen LogP contribution in [0.5, 0.6) is 11.5 Å². The summed E-state index contributed by atoms with van der Waals surface area (Å²) in [6.07, 6.45) is 3.33. The maximum atomic E-state index is 13.5. The summed E-state index contributed by atoms with van der Waals surface area (Å²) in [5, 5.41) is 37.0. The maximum Gasteiger partial charge on any atom is 0.244 e. The Kier molecular flexibility index (Phi) is 18.4. The maximum absolute atomic E-state index is 13.5. The molecule has 14 N–H and O–H groups in total. The topological polar surface area (TPSA) is 285 Å². The van der Waals surface area contributed by atoms with Gasteiger partial charge in [0.15, 0.2) is 5.96 Å². The number of hydrogen-bond acceptors (Lipinski definition) is 10. The van der Waals surface area contributed by atoms with Gasteiger partial charge >= 0.3 is 0 Å². The van der Waals surface area contributed by atoms with E-state index in [9.17, 15) is 34.5 Å². The van der Waals surface area contributed by atoms with Crippen LogP contribution in [0.15, 0.2) is 77.8 Å². The summed E-state index contributed by atoms with van der Waals surface area (Å²) in [4.78, 5) is 56.9. The zero-order valence-electron chi connectivity index (χ0n) is 31.0. The van der Waals surface area contributed by atoms with E-state index in [1.807, 2.05) is 12.1 Å². The first-order chi connectivity index (χ1) is 26.3. The van der Waals surface area contributed by atoms with Gasteiger partial charge in [-0.1, -0.05) is 36.4 Å². The molecule has 3 rings (SSSR count). The molecule has 16 heteroatoms. The smallest absolute Gasteiger partial charge is 0.244 e.